The third kappa shape index (κ3) is 3.00. The third-order valence-corrected chi connectivity index (χ3v) is 3.99. The number of aryl methyl sites for hydroxylation is 1. The number of benzene rings is 1. The second-order valence-corrected chi connectivity index (χ2v) is 5.85. The fraction of sp³-hybridized carbons (Fsp3) is 0.111. The zero-order valence-corrected chi connectivity index (χ0v) is 14.0. The molecule has 0 spiro atoms. The largest absolute Gasteiger partial charge is 0.436 e. The number of amides is 2. The third-order valence-electron chi connectivity index (χ3n) is 3.99. The molecule has 4 rings (SSSR count). The predicted molar refractivity (Wildman–Crippen MR) is 96.2 cm³/mol. The van der Waals surface area contributed by atoms with Crippen molar-refractivity contribution in [1.82, 2.24) is 19.7 Å². The molecule has 3 aromatic heterocycles. The first-order chi connectivity index (χ1) is 12.6. The van der Waals surface area contributed by atoms with Gasteiger partial charge in [0.25, 0.3) is 0 Å². The first kappa shape index (κ1) is 15.8. The molecule has 1 aromatic carbocycles. The van der Waals surface area contributed by atoms with E-state index in [1.54, 1.807) is 41.5 Å². The monoisotopic (exact) mass is 348 g/mol. The lowest BCUT2D eigenvalue weighted by molar-refractivity contribution is 0.253. The highest BCUT2D eigenvalue weighted by atomic mass is 16.3. The number of nitrogens with zero attached hydrogens (tertiary/aromatic N) is 5. The number of aromatic nitrogens is 4. The Morgan fingerprint density at radius 2 is 2.08 bits per heavy atom. The molecule has 2 amide bonds. The molecule has 8 heteroatoms. The van der Waals surface area contributed by atoms with Gasteiger partial charge in [-0.1, -0.05) is 0 Å². The van der Waals surface area contributed by atoms with Gasteiger partial charge in [-0.25, -0.2) is 9.78 Å². The van der Waals surface area contributed by atoms with Crippen LogP contribution in [0.2, 0.25) is 0 Å². The Bertz CT molecular complexity index is 1070. The van der Waals surface area contributed by atoms with Gasteiger partial charge in [0, 0.05) is 37.4 Å². The fourth-order valence-corrected chi connectivity index (χ4v) is 2.70. The lowest BCUT2D eigenvalue weighted by Gasteiger charge is -2.20. The second kappa shape index (κ2) is 6.32. The smallest absolute Gasteiger partial charge is 0.319 e. The number of anilines is 1. The summed E-state index contributed by atoms with van der Waals surface area (Å²) >= 11 is 0. The van der Waals surface area contributed by atoms with Crippen molar-refractivity contribution in [2.24, 2.45) is 12.8 Å². The minimum Gasteiger partial charge on any atom is -0.436 e. The van der Waals surface area contributed by atoms with E-state index in [0.717, 1.165) is 11.1 Å². The van der Waals surface area contributed by atoms with Crippen LogP contribution in [0.15, 0.2) is 59.5 Å². The molecule has 0 radical (unpaired) electrons. The van der Waals surface area contributed by atoms with Crippen LogP contribution in [-0.2, 0) is 13.6 Å². The lowest BCUT2D eigenvalue weighted by Crippen LogP contribution is -2.35. The Kier molecular flexibility index (Phi) is 3.85. The molecule has 4 aromatic rings. The molecule has 26 heavy (non-hydrogen) atoms. The molecule has 8 nitrogen and oxygen atoms in total. The molecule has 0 fully saturated rings. The number of pyridine rings is 1. The van der Waals surface area contributed by atoms with E-state index < -0.39 is 6.03 Å². The average molecular weight is 348 g/mol. The molecule has 0 unspecified atom stereocenters. The zero-order valence-electron chi connectivity index (χ0n) is 14.0. The van der Waals surface area contributed by atoms with Gasteiger partial charge in [-0.05, 0) is 29.8 Å². The molecular formula is C18H16N6O2. The number of oxazole rings is 1. The maximum absolute atomic E-state index is 11.9. The van der Waals surface area contributed by atoms with Crippen molar-refractivity contribution in [3.63, 3.8) is 0 Å². The number of primary amides is 1. The Morgan fingerprint density at radius 3 is 2.77 bits per heavy atom. The van der Waals surface area contributed by atoms with E-state index >= 15 is 0 Å². The van der Waals surface area contributed by atoms with Gasteiger partial charge in [0.1, 0.15) is 5.52 Å². The van der Waals surface area contributed by atoms with Crippen molar-refractivity contribution < 1.29 is 9.21 Å². The highest BCUT2D eigenvalue weighted by Crippen LogP contribution is 2.28. The van der Waals surface area contributed by atoms with Gasteiger partial charge in [-0.2, -0.15) is 5.10 Å². The summed E-state index contributed by atoms with van der Waals surface area (Å²) < 4.78 is 7.51. The van der Waals surface area contributed by atoms with Gasteiger partial charge in [0.15, 0.2) is 5.58 Å². The van der Waals surface area contributed by atoms with Gasteiger partial charge in [0.2, 0.25) is 5.89 Å². The molecular weight excluding hydrogens is 332 g/mol. The van der Waals surface area contributed by atoms with Crippen LogP contribution in [0, 0.1) is 0 Å². The van der Waals surface area contributed by atoms with Crippen LogP contribution >= 0.6 is 0 Å². The highest BCUT2D eigenvalue weighted by molar-refractivity contribution is 5.93. The maximum Gasteiger partial charge on any atom is 0.319 e. The van der Waals surface area contributed by atoms with Crippen LogP contribution in [0.25, 0.3) is 22.6 Å². The highest BCUT2D eigenvalue weighted by Gasteiger charge is 2.16. The van der Waals surface area contributed by atoms with Gasteiger partial charge in [0.05, 0.1) is 18.3 Å². The predicted octanol–water partition coefficient (Wildman–Crippen LogP) is 2.71. The van der Waals surface area contributed by atoms with E-state index in [2.05, 4.69) is 15.1 Å². The molecule has 130 valence electrons. The van der Waals surface area contributed by atoms with Crippen LogP contribution in [0.4, 0.5) is 10.5 Å². The van der Waals surface area contributed by atoms with E-state index in [1.165, 1.54) is 4.90 Å². The zero-order chi connectivity index (χ0) is 18.1. The maximum atomic E-state index is 11.9. The van der Waals surface area contributed by atoms with Gasteiger partial charge in [-0.3, -0.25) is 14.6 Å². The number of urea groups is 1. The summed E-state index contributed by atoms with van der Waals surface area (Å²) in [5, 5.41) is 4.12. The number of fused-ring (bicyclic) bond motifs is 1. The number of carbonyl (C=O) groups is 1. The van der Waals surface area contributed by atoms with E-state index in [0.29, 0.717) is 29.2 Å². The molecule has 0 atom stereocenters. The van der Waals surface area contributed by atoms with Crippen molar-refractivity contribution in [3.05, 3.63) is 60.7 Å². The molecule has 2 N–H and O–H groups in total. The quantitative estimate of drug-likeness (QED) is 0.611. The summed E-state index contributed by atoms with van der Waals surface area (Å²) in [6, 6.07) is 8.48. The minimum atomic E-state index is -0.548. The number of hydrogen-bond donors (Lipinski definition) is 1. The van der Waals surface area contributed by atoms with E-state index in [4.69, 9.17) is 10.2 Å². The molecule has 3 heterocycles. The van der Waals surface area contributed by atoms with Crippen LogP contribution in [0.1, 0.15) is 5.56 Å². The Balaban J connectivity index is 1.69. The first-order valence-electron chi connectivity index (χ1n) is 7.95. The van der Waals surface area contributed by atoms with Crippen molar-refractivity contribution in [3.8, 4) is 11.5 Å². The molecule has 0 saturated heterocycles. The van der Waals surface area contributed by atoms with Crippen molar-refractivity contribution >= 4 is 22.8 Å². The summed E-state index contributed by atoms with van der Waals surface area (Å²) in [7, 11) is 1.83. The van der Waals surface area contributed by atoms with Crippen LogP contribution in [0.3, 0.4) is 0 Å². The van der Waals surface area contributed by atoms with Gasteiger partial charge >= 0.3 is 6.03 Å². The number of hydrogen-bond acceptors (Lipinski definition) is 5. The number of rotatable bonds is 4. The van der Waals surface area contributed by atoms with E-state index in [1.807, 2.05) is 25.4 Å². The summed E-state index contributed by atoms with van der Waals surface area (Å²) in [6.07, 6.45) is 6.86. The van der Waals surface area contributed by atoms with Crippen molar-refractivity contribution in [2.45, 2.75) is 6.54 Å². The molecule has 0 aliphatic rings. The second-order valence-electron chi connectivity index (χ2n) is 5.85. The van der Waals surface area contributed by atoms with Crippen LogP contribution in [-0.4, -0.2) is 25.8 Å². The average Bonchev–Trinajstić information content (AvgIpc) is 3.25. The van der Waals surface area contributed by atoms with E-state index in [-0.39, 0.29) is 0 Å². The number of carbonyl (C=O) groups excluding carboxylic acids is 1. The Morgan fingerprint density at radius 1 is 1.27 bits per heavy atom. The summed E-state index contributed by atoms with van der Waals surface area (Å²) in [4.78, 5) is 21.9. The normalized spacial score (nSPS) is 11.0. The SMILES string of the molecule is Cn1cc(-c2nc3ccc(N(Cc4ccncc4)C(N)=O)cc3o2)cn1. The topological polar surface area (TPSA) is 103 Å². The fourth-order valence-electron chi connectivity index (χ4n) is 2.70. The van der Waals surface area contributed by atoms with Crippen molar-refractivity contribution in [1.29, 1.82) is 0 Å². The standard InChI is InChI=1S/C18H16N6O2/c1-23-11-13(9-21-23)17-22-15-3-2-14(8-16(15)26-17)24(18(19)25)10-12-4-6-20-7-5-12/h2-9,11H,10H2,1H3,(H2,19,25). The van der Waals surface area contributed by atoms with E-state index in [9.17, 15) is 4.79 Å². The Labute approximate surface area is 148 Å². The molecule has 0 saturated carbocycles. The van der Waals surface area contributed by atoms with Crippen molar-refractivity contribution in [2.75, 3.05) is 4.90 Å². The Hall–Kier alpha value is -3.68. The molecule has 0 bridgehead atoms. The lowest BCUT2D eigenvalue weighted by atomic mass is 10.2. The van der Waals surface area contributed by atoms with Gasteiger partial charge < -0.3 is 10.2 Å². The summed E-state index contributed by atoms with van der Waals surface area (Å²) in [6.45, 7) is 0.340. The molecule has 0 aliphatic carbocycles. The number of nitrogens with two attached hydrogens (primary N) is 1. The van der Waals surface area contributed by atoms with Crippen LogP contribution < -0.4 is 10.6 Å². The summed E-state index contributed by atoms with van der Waals surface area (Å²) in [5.74, 6) is 0.477. The summed E-state index contributed by atoms with van der Waals surface area (Å²) in [5.41, 5.74) is 9.19. The van der Waals surface area contributed by atoms with Crippen LogP contribution in [0.5, 0.6) is 0 Å². The molecule has 0 aliphatic heterocycles. The first-order valence-corrected chi connectivity index (χ1v) is 7.95. The van der Waals surface area contributed by atoms with Gasteiger partial charge in [-0.15, -0.1) is 0 Å². The minimum absolute atomic E-state index is 0.340.